The lowest BCUT2D eigenvalue weighted by atomic mass is 10.2. The Balaban J connectivity index is 1.99. The van der Waals surface area contributed by atoms with E-state index in [-0.39, 0.29) is 5.75 Å². The van der Waals surface area contributed by atoms with E-state index in [9.17, 15) is 4.79 Å². The Bertz CT molecular complexity index is 601. The summed E-state index contributed by atoms with van der Waals surface area (Å²) in [5.41, 5.74) is 0.744. The average molecular weight is 292 g/mol. The third kappa shape index (κ3) is 3.77. The monoisotopic (exact) mass is 291 g/mol. The molecule has 0 unspecified atom stereocenters. The second-order valence-corrected chi connectivity index (χ2v) is 4.46. The molecule has 0 aliphatic rings. The zero-order valence-corrected chi connectivity index (χ0v) is 11.4. The van der Waals surface area contributed by atoms with Crippen molar-refractivity contribution in [1.82, 2.24) is 5.32 Å². The van der Waals surface area contributed by atoms with Crippen LogP contribution in [0.1, 0.15) is 5.56 Å². The third-order valence-electron chi connectivity index (χ3n) is 2.29. The number of nitrogens with one attached hydrogen (secondary N) is 1. The summed E-state index contributed by atoms with van der Waals surface area (Å²) in [5.74, 6) is 0.289. The van der Waals surface area contributed by atoms with Gasteiger partial charge >= 0.3 is 6.09 Å². The van der Waals surface area contributed by atoms with Crippen LogP contribution in [0.2, 0.25) is 5.02 Å². The lowest BCUT2D eigenvalue weighted by Gasteiger charge is -2.08. The van der Waals surface area contributed by atoms with E-state index >= 15 is 0 Å². The van der Waals surface area contributed by atoms with Gasteiger partial charge < -0.3 is 4.74 Å². The van der Waals surface area contributed by atoms with E-state index in [0.717, 1.165) is 5.56 Å². The lowest BCUT2D eigenvalue weighted by Crippen LogP contribution is -2.32. The van der Waals surface area contributed by atoms with Crippen molar-refractivity contribution in [1.29, 1.82) is 0 Å². The smallest absolute Gasteiger partial charge is 0.408 e. The van der Waals surface area contributed by atoms with E-state index in [4.69, 9.17) is 28.6 Å². The van der Waals surface area contributed by atoms with Crippen molar-refractivity contribution in [3.63, 3.8) is 0 Å². The predicted octanol–water partition coefficient (Wildman–Crippen LogP) is 3.80. The maximum absolute atomic E-state index is 11.7. The number of para-hydroxylation sites is 1. The molecule has 5 heteroatoms. The average Bonchev–Trinajstić information content (AvgIpc) is 2.42. The number of amides is 1. The quantitative estimate of drug-likeness (QED) is 0.855. The van der Waals surface area contributed by atoms with Crippen molar-refractivity contribution in [2.45, 2.75) is 0 Å². The van der Waals surface area contributed by atoms with Crippen LogP contribution >= 0.6 is 23.8 Å². The van der Waals surface area contributed by atoms with Crippen molar-refractivity contribution in [3.8, 4) is 5.75 Å². The van der Waals surface area contributed by atoms with Crippen LogP contribution < -0.4 is 10.1 Å². The van der Waals surface area contributed by atoms with Crippen LogP contribution in [0.4, 0.5) is 4.79 Å². The highest BCUT2D eigenvalue weighted by Crippen LogP contribution is 2.23. The molecule has 0 aliphatic carbocycles. The summed E-state index contributed by atoms with van der Waals surface area (Å²) in [6.07, 6.45) is -0.665. The van der Waals surface area contributed by atoms with Gasteiger partial charge in [-0.3, -0.25) is 5.32 Å². The van der Waals surface area contributed by atoms with Crippen LogP contribution in [0.3, 0.4) is 0 Å². The van der Waals surface area contributed by atoms with Crippen LogP contribution in [0.25, 0.3) is 0 Å². The van der Waals surface area contributed by atoms with Gasteiger partial charge in [-0.1, -0.05) is 66.3 Å². The first kappa shape index (κ1) is 13.5. The molecule has 2 aromatic rings. The molecule has 2 rings (SSSR count). The minimum atomic E-state index is -0.665. The number of hydrogen-bond acceptors (Lipinski definition) is 3. The van der Waals surface area contributed by atoms with E-state index in [1.54, 1.807) is 36.4 Å². The number of hydrogen-bond donors (Lipinski definition) is 1. The van der Waals surface area contributed by atoms with E-state index in [0.29, 0.717) is 10.0 Å². The standard InChI is InChI=1S/C14H10ClNO2S/c15-11-8-4-5-9-12(11)18-14(17)16-13(19)10-6-2-1-3-7-10/h1-9H,(H,16,17,19). The molecule has 2 aromatic carbocycles. The number of carbonyl (C=O) groups is 1. The van der Waals surface area contributed by atoms with Gasteiger partial charge in [0.05, 0.1) is 5.02 Å². The molecule has 0 bridgehead atoms. The zero-order chi connectivity index (χ0) is 13.7. The summed E-state index contributed by atoms with van der Waals surface area (Å²) in [4.78, 5) is 12.0. The van der Waals surface area contributed by atoms with Gasteiger partial charge in [0.2, 0.25) is 0 Å². The fourth-order valence-electron chi connectivity index (χ4n) is 1.41. The summed E-state index contributed by atoms with van der Waals surface area (Å²) in [5, 5.41) is 2.85. The van der Waals surface area contributed by atoms with Crippen LogP contribution in [0.5, 0.6) is 5.75 Å². The summed E-state index contributed by atoms with van der Waals surface area (Å²) < 4.78 is 5.07. The van der Waals surface area contributed by atoms with E-state index in [1.165, 1.54) is 0 Å². The first-order chi connectivity index (χ1) is 9.16. The van der Waals surface area contributed by atoms with Gasteiger partial charge in [0.25, 0.3) is 0 Å². The Kier molecular flexibility index (Phi) is 4.49. The first-order valence-corrected chi connectivity index (χ1v) is 6.28. The van der Waals surface area contributed by atoms with Gasteiger partial charge in [0, 0.05) is 5.56 Å². The number of ether oxygens (including phenoxy) is 1. The maximum atomic E-state index is 11.7. The highest BCUT2D eigenvalue weighted by molar-refractivity contribution is 7.80. The molecule has 19 heavy (non-hydrogen) atoms. The molecule has 0 aromatic heterocycles. The minimum Gasteiger partial charge on any atom is -0.408 e. The molecule has 0 aliphatic heterocycles. The number of carbonyl (C=O) groups excluding carboxylic acids is 1. The van der Waals surface area contributed by atoms with Crippen molar-refractivity contribution < 1.29 is 9.53 Å². The van der Waals surface area contributed by atoms with Crippen LogP contribution in [-0.2, 0) is 0 Å². The zero-order valence-electron chi connectivity index (χ0n) is 9.80. The molecule has 0 spiro atoms. The van der Waals surface area contributed by atoms with Crippen molar-refractivity contribution >= 4 is 34.9 Å². The van der Waals surface area contributed by atoms with Gasteiger partial charge in [0.1, 0.15) is 4.99 Å². The van der Waals surface area contributed by atoms with Crippen molar-refractivity contribution in [2.75, 3.05) is 0 Å². The molecular formula is C14H10ClNO2S. The molecular weight excluding hydrogens is 282 g/mol. The van der Waals surface area contributed by atoms with Gasteiger partial charge in [-0.15, -0.1) is 0 Å². The van der Waals surface area contributed by atoms with Gasteiger partial charge in [-0.2, -0.15) is 0 Å². The van der Waals surface area contributed by atoms with E-state index in [1.807, 2.05) is 18.2 Å². The topological polar surface area (TPSA) is 38.3 Å². The Morgan fingerprint density at radius 3 is 2.37 bits per heavy atom. The molecule has 0 fully saturated rings. The second kappa shape index (κ2) is 6.31. The molecule has 3 nitrogen and oxygen atoms in total. The summed E-state index contributed by atoms with van der Waals surface area (Å²) in [6, 6.07) is 15.9. The molecule has 0 atom stereocenters. The lowest BCUT2D eigenvalue weighted by molar-refractivity contribution is 0.206. The Labute approximate surface area is 121 Å². The summed E-state index contributed by atoms with van der Waals surface area (Å²) in [7, 11) is 0. The fraction of sp³-hybridized carbons (Fsp3) is 0. The number of rotatable bonds is 2. The normalized spacial score (nSPS) is 9.74. The minimum absolute atomic E-state index is 0.289. The molecule has 0 saturated carbocycles. The van der Waals surface area contributed by atoms with E-state index in [2.05, 4.69) is 5.32 Å². The Morgan fingerprint density at radius 1 is 1.05 bits per heavy atom. The summed E-state index contributed by atoms with van der Waals surface area (Å²) >= 11 is 11.0. The van der Waals surface area contributed by atoms with Gasteiger partial charge in [-0.25, -0.2) is 4.79 Å². The number of halogens is 1. The molecule has 1 amide bonds. The first-order valence-electron chi connectivity index (χ1n) is 5.49. The largest absolute Gasteiger partial charge is 0.417 e. The molecule has 0 radical (unpaired) electrons. The number of benzene rings is 2. The SMILES string of the molecule is O=C(NC(=S)c1ccccc1)Oc1ccccc1Cl. The fourth-order valence-corrected chi connectivity index (χ4v) is 1.80. The maximum Gasteiger partial charge on any atom is 0.417 e. The van der Waals surface area contributed by atoms with Gasteiger partial charge in [-0.05, 0) is 12.1 Å². The molecule has 0 heterocycles. The second-order valence-electron chi connectivity index (χ2n) is 3.64. The van der Waals surface area contributed by atoms with E-state index < -0.39 is 6.09 Å². The van der Waals surface area contributed by atoms with Crippen LogP contribution in [0.15, 0.2) is 54.6 Å². The Morgan fingerprint density at radius 2 is 1.68 bits per heavy atom. The van der Waals surface area contributed by atoms with Crippen molar-refractivity contribution in [3.05, 3.63) is 65.2 Å². The highest BCUT2D eigenvalue weighted by Gasteiger charge is 2.10. The molecule has 1 N–H and O–H groups in total. The Hall–Kier alpha value is -1.91. The van der Waals surface area contributed by atoms with Crippen molar-refractivity contribution in [2.24, 2.45) is 0 Å². The number of thiocarbonyl (C=S) groups is 1. The third-order valence-corrected chi connectivity index (χ3v) is 2.94. The molecule has 0 saturated heterocycles. The van der Waals surface area contributed by atoms with Crippen LogP contribution in [-0.4, -0.2) is 11.1 Å². The van der Waals surface area contributed by atoms with Crippen LogP contribution in [0, 0.1) is 0 Å². The highest BCUT2D eigenvalue weighted by atomic mass is 35.5. The van der Waals surface area contributed by atoms with Gasteiger partial charge in [0.15, 0.2) is 5.75 Å². The summed E-state index contributed by atoms with van der Waals surface area (Å²) in [6.45, 7) is 0. The molecule has 96 valence electrons. The predicted molar refractivity (Wildman–Crippen MR) is 78.8 cm³/mol.